The summed E-state index contributed by atoms with van der Waals surface area (Å²) in [5, 5.41) is 2.29. The van der Waals surface area contributed by atoms with Gasteiger partial charge in [0.2, 0.25) is 0 Å². The van der Waals surface area contributed by atoms with Gasteiger partial charge in [0.15, 0.2) is 0 Å². The zero-order valence-electron chi connectivity index (χ0n) is 17.6. The molecule has 3 nitrogen and oxygen atoms in total. The molecule has 6 rings (SSSR count). The summed E-state index contributed by atoms with van der Waals surface area (Å²) in [6.45, 7) is 8.75. The molecule has 0 N–H and O–H groups in total. The minimum absolute atomic E-state index is 0.0943. The highest BCUT2D eigenvalue weighted by Crippen LogP contribution is 2.52. The van der Waals surface area contributed by atoms with E-state index in [1.165, 1.54) is 33.4 Å². The van der Waals surface area contributed by atoms with Crippen molar-refractivity contribution in [1.29, 1.82) is 0 Å². The van der Waals surface area contributed by atoms with Crippen LogP contribution in [0.5, 0.6) is 0 Å². The summed E-state index contributed by atoms with van der Waals surface area (Å²) in [6, 6.07) is 15.1. The van der Waals surface area contributed by atoms with E-state index in [0.717, 1.165) is 33.2 Å². The molecule has 3 heteroatoms. The van der Waals surface area contributed by atoms with Crippen LogP contribution in [0.3, 0.4) is 0 Å². The van der Waals surface area contributed by atoms with Crippen LogP contribution < -0.4 is 0 Å². The van der Waals surface area contributed by atoms with Crippen molar-refractivity contribution in [3.05, 3.63) is 83.3 Å². The van der Waals surface area contributed by atoms with Gasteiger partial charge in [0.05, 0.1) is 5.69 Å². The second-order valence-electron chi connectivity index (χ2n) is 8.87. The summed E-state index contributed by atoms with van der Waals surface area (Å²) in [6.07, 6.45) is 5.74. The fraction of sp³-hybridized carbons (Fsp3) is 0.185. The van der Waals surface area contributed by atoms with E-state index in [0.29, 0.717) is 0 Å². The maximum Gasteiger partial charge on any atom is 0.145 e. The Morgan fingerprint density at radius 1 is 0.800 bits per heavy atom. The number of fused-ring (bicyclic) bond motifs is 7. The van der Waals surface area contributed by atoms with Gasteiger partial charge in [0, 0.05) is 45.9 Å². The standard InChI is InChI=1S/C27H22N2O/c1-15-9-12-29-22(13-15)23-16(2)5-6-17-18-7-8-20-24(26(18)30-25(17)23)19-10-11-28-14-21(19)27(20,3)4/h5-14H,1-4H3. The number of hydrogen-bond acceptors (Lipinski definition) is 3. The van der Waals surface area contributed by atoms with Crippen molar-refractivity contribution in [2.24, 2.45) is 0 Å². The number of rotatable bonds is 1. The van der Waals surface area contributed by atoms with Crippen molar-refractivity contribution in [3.8, 4) is 22.4 Å². The second kappa shape index (κ2) is 5.79. The van der Waals surface area contributed by atoms with Gasteiger partial charge in [-0.2, -0.15) is 0 Å². The molecule has 1 aliphatic rings. The van der Waals surface area contributed by atoms with Gasteiger partial charge >= 0.3 is 0 Å². The molecule has 0 amide bonds. The Balaban J connectivity index is 1.76. The molecule has 0 aliphatic heterocycles. The smallest absolute Gasteiger partial charge is 0.145 e. The van der Waals surface area contributed by atoms with E-state index in [1.54, 1.807) is 0 Å². The van der Waals surface area contributed by atoms with E-state index in [-0.39, 0.29) is 5.41 Å². The lowest BCUT2D eigenvalue weighted by Crippen LogP contribution is -2.14. The molecule has 3 heterocycles. The fourth-order valence-corrected chi connectivity index (χ4v) is 5.04. The predicted molar refractivity (Wildman–Crippen MR) is 122 cm³/mol. The number of aromatic nitrogens is 2. The summed E-state index contributed by atoms with van der Waals surface area (Å²) >= 11 is 0. The van der Waals surface area contributed by atoms with E-state index in [1.807, 2.05) is 24.7 Å². The summed E-state index contributed by atoms with van der Waals surface area (Å²) in [5.74, 6) is 0. The van der Waals surface area contributed by atoms with Gasteiger partial charge in [-0.1, -0.05) is 38.1 Å². The number of benzene rings is 2. The molecular formula is C27H22N2O. The van der Waals surface area contributed by atoms with Gasteiger partial charge in [0.1, 0.15) is 11.2 Å². The first-order valence-electron chi connectivity index (χ1n) is 10.3. The lowest BCUT2D eigenvalue weighted by Gasteiger charge is -2.20. The van der Waals surface area contributed by atoms with Crippen LogP contribution in [0.1, 0.15) is 36.1 Å². The van der Waals surface area contributed by atoms with Gasteiger partial charge in [-0.3, -0.25) is 9.97 Å². The Kier molecular flexibility index (Phi) is 3.36. The largest absolute Gasteiger partial charge is 0.455 e. The molecular weight excluding hydrogens is 368 g/mol. The molecule has 0 saturated heterocycles. The number of hydrogen-bond donors (Lipinski definition) is 0. The molecule has 30 heavy (non-hydrogen) atoms. The monoisotopic (exact) mass is 390 g/mol. The van der Waals surface area contributed by atoms with E-state index < -0.39 is 0 Å². The van der Waals surface area contributed by atoms with E-state index in [9.17, 15) is 0 Å². The molecule has 0 radical (unpaired) electrons. The summed E-state index contributed by atoms with van der Waals surface area (Å²) in [7, 11) is 0. The summed E-state index contributed by atoms with van der Waals surface area (Å²) < 4.78 is 6.69. The molecule has 0 fully saturated rings. The molecule has 2 aromatic carbocycles. The van der Waals surface area contributed by atoms with Crippen LogP contribution in [-0.2, 0) is 5.41 Å². The maximum absolute atomic E-state index is 6.69. The lowest BCUT2D eigenvalue weighted by atomic mass is 9.83. The molecule has 0 spiro atoms. The van der Waals surface area contributed by atoms with Crippen LogP contribution in [0.2, 0.25) is 0 Å². The summed E-state index contributed by atoms with van der Waals surface area (Å²) in [5.41, 5.74) is 11.1. The van der Waals surface area contributed by atoms with Crippen molar-refractivity contribution in [1.82, 2.24) is 9.97 Å². The highest BCUT2D eigenvalue weighted by atomic mass is 16.3. The average molecular weight is 390 g/mol. The fourth-order valence-electron chi connectivity index (χ4n) is 5.04. The Bertz CT molecular complexity index is 1490. The van der Waals surface area contributed by atoms with Crippen LogP contribution in [-0.4, -0.2) is 9.97 Å². The van der Waals surface area contributed by atoms with Gasteiger partial charge in [-0.05, 0) is 59.9 Å². The molecule has 0 atom stereocenters. The Labute approximate surface area is 175 Å². The molecule has 5 aromatic rings. The minimum Gasteiger partial charge on any atom is -0.455 e. The zero-order chi connectivity index (χ0) is 20.6. The van der Waals surface area contributed by atoms with Crippen molar-refractivity contribution in [2.45, 2.75) is 33.1 Å². The van der Waals surface area contributed by atoms with Crippen LogP contribution in [0.25, 0.3) is 44.3 Å². The highest BCUT2D eigenvalue weighted by Gasteiger charge is 2.38. The molecule has 3 aromatic heterocycles. The number of pyridine rings is 2. The van der Waals surface area contributed by atoms with E-state index in [4.69, 9.17) is 4.42 Å². The molecule has 0 saturated carbocycles. The lowest BCUT2D eigenvalue weighted by molar-refractivity contribution is 0.651. The zero-order valence-corrected chi connectivity index (χ0v) is 17.6. The second-order valence-corrected chi connectivity index (χ2v) is 8.87. The van der Waals surface area contributed by atoms with Gasteiger partial charge < -0.3 is 4.42 Å². The molecule has 146 valence electrons. The third-order valence-electron chi connectivity index (χ3n) is 6.63. The SMILES string of the molecule is Cc1ccnc(-c2c(C)ccc3c2oc2c4c(ccc23)C(C)(C)c2cnccc2-4)c1. The highest BCUT2D eigenvalue weighted by molar-refractivity contribution is 6.14. The first-order valence-corrected chi connectivity index (χ1v) is 10.3. The quantitative estimate of drug-likeness (QED) is 0.310. The number of furan rings is 1. The maximum atomic E-state index is 6.69. The molecule has 1 aliphatic carbocycles. The van der Waals surface area contributed by atoms with Crippen molar-refractivity contribution >= 4 is 21.9 Å². The van der Waals surface area contributed by atoms with Gasteiger partial charge in [-0.25, -0.2) is 0 Å². The Morgan fingerprint density at radius 3 is 2.37 bits per heavy atom. The predicted octanol–water partition coefficient (Wildman–Crippen LogP) is 6.97. The van der Waals surface area contributed by atoms with Crippen molar-refractivity contribution < 1.29 is 4.42 Å². The van der Waals surface area contributed by atoms with Crippen LogP contribution in [0, 0.1) is 13.8 Å². The summed E-state index contributed by atoms with van der Waals surface area (Å²) in [4.78, 5) is 9.05. The average Bonchev–Trinajstić information content (AvgIpc) is 3.21. The Morgan fingerprint density at radius 2 is 1.57 bits per heavy atom. The normalized spacial score (nSPS) is 14.3. The first kappa shape index (κ1) is 17.4. The molecule has 0 bridgehead atoms. The van der Waals surface area contributed by atoms with Crippen LogP contribution >= 0.6 is 0 Å². The van der Waals surface area contributed by atoms with Gasteiger partial charge in [-0.15, -0.1) is 0 Å². The third-order valence-corrected chi connectivity index (χ3v) is 6.63. The topological polar surface area (TPSA) is 38.9 Å². The van der Waals surface area contributed by atoms with Crippen molar-refractivity contribution in [3.63, 3.8) is 0 Å². The molecule has 0 unspecified atom stereocenters. The van der Waals surface area contributed by atoms with Crippen molar-refractivity contribution in [2.75, 3.05) is 0 Å². The first-order chi connectivity index (χ1) is 14.5. The van der Waals surface area contributed by atoms with E-state index in [2.05, 4.69) is 74.1 Å². The van der Waals surface area contributed by atoms with Gasteiger partial charge in [0.25, 0.3) is 0 Å². The van der Waals surface area contributed by atoms with E-state index >= 15 is 0 Å². The van der Waals surface area contributed by atoms with Crippen LogP contribution in [0.4, 0.5) is 0 Å². The third kappa shape index (κ3) is 2.15. The number of nitrogens with zero attached hydrogens (tertiary/aromatic N) is 2. The Hall–Kier alpha value is -3.46. The minimum atomic E-state index is -0.0943. The number of aryl methyl sites for hydroxylation is 2. The van der Waals surface area contributed by atoms with Crippen LogP contribution in [0.15, 0.2) is 65.5 Å².